The van der Waals surface area contributed by atoms with Crippen molar-refractivity contribution in [3.8, 4) is 0 Å². The van der Waals surface area contributed by atoms with Gasteiger partial charge in [-0.25, -0.2) is 4.99 Å². The highest BCUT2D eigenvalue weighted by atomic mass is 15.2. The molecule has 0 radical (unpaired) electrons. The fourth-order valence-electron chi connectivity index (χ4n) is 3.54. The van der Waals surface area contributed by atoms with Crippen molar-refractivity contribution in [3.05, 3.63) is 53.9 Å². The van der Waals surface area contributed by atoms with Gasteiger partial charge in [-0.15, -0.1) is 0 Å². The average molecular weight is 325 g/mol. The average Bonchev–Trinajstić information content (AvgIpc) is 3.31. The van der Waals surface area contributed by atoms with E-state index in [4.69, 9.17) is 0 Å². The van der Waals surface area contributed by atoms with Crippen LogP contribution in [0.4, 0.5) is 0 Å². The van der Waals surface area contributed by atoms with Gasteiger partial charge in [-0.3, -0.25) is 5.10 Å². The maximum atomic E-state index is 4.66. The van der Waals surface area contributed by atoms with E-state index in [9.17, 15) is 0 Å². The van der Waals surface area contributed by atoms with Crippen molar-refractivity contribution in [3.63, 3.8) is 0 Å². The summed E-state index contributed by atoms with van der Waals surface area (Å²) in [6.07, 6.45) is 6.85. The van der Waals surface area contributed by atoms with Crippen molar-refractivity contribution in [2.24, 2.45) is 4.99 Å². The summed E-state index contributed by atoms with van der Waals surface area (Å²) in [4.78, 5) is 4.66. The zero-order valence-corrected chi connectivity index (χ0v) is 14.4. The monoisotopic (exact) mass is 325 g/mol. The van der Waals surface area contributed by atoms with Crippen molar-refractivity contribution < 1.29 is 0 Å². The van der Waals surface area contributed by atoms with Crippen molar-refractivity contribution in [1.29, 1.82) is 0 Å². The first-order valence-corrected chi connectivity index (χ1v) is 8.88. The van der Waals surface area contributed by atoms with Crippen molar-refractivity contribution in [2.75, 3.05) is 13.1 Å². The molecular weight excluding hydrogens is 298 g/mol. The molecule has 0 spiro atoms. The lowest BCUT2D eigenvalue weighted by Gasteiger charge is -2.30. The van der Waals surface area contributed by atoms with E-state index in [1.807, 2.05) is 6.07 Å². The summed E-state index contributed by atoms with van der Waals surface area (Å²) in [6, 6.07) is 12.9. The molecule has 1 aliphatic carbocycles. The molecule has 0 amide bonds. The van der Waals surface area contributed by atoms with E-state index in [2.05, 4.69) is 63.1 Å². The van der Waals surface area contributed by atoms with Crippen molar-refractivity contribution >= 4 is 5.96 Å². The molecule has 0 saturated heterocycles. The smallest absolute Gasteiger partial charge is 0.191 e. The van der Waals surface area contributed by atoms with Crippen LogP contribution in [0.2, 0.25) is 0 Å². The molecule has 3 rings (SSSR count). The lowest BCUT2D eigenvalue weighted by molar-refractivity contribution is 0.431. The summed E-state index contributed by atoms with van der Waals surface area (Å²) < 4.78 is 0. The number of guanidine groups is 1. The van der Waals surface area contributed by atoms with Crippen LogP contribution in [0, 0.1) is 0 Å². The van der Waals surface area contributed by atoms with Gasteiger partial charge in [0.2, 0.25) is 0 Å². The van der Waals surface area contributed by atoms with Gasteiger partial charge in [-0.1, -0.05) is 43.2 Å². The summed E-state index contributed by atoms with van der Waals surface area (Å²) >= 11 is 0. The number of nitrogens with one attached hydrogen (secondary N) is 3. The minimum Gasteiger partial charge on any atom is -0.357 e. The summed E-state index contributed by atoms with van der Waals surface area (Å²) in [5.41, 5.74) is 2.69. The summed E-state index contributed by atoms with van der Waals surface area (Å²) in [5.74, 6) is 0.870. The molecule has 1 fully saturated rings. The molecule has 0 bridgehead atoms. The third kappa shape index (κ3) is 3.96. The lowest BCUT2D eigenvalue weighted by Crippen LogP contribution is -2.44. The van der Waals surface area contributed by atoms with Gasteiger partial charge < -0.3 is 10.6 Å². The Bertz CT molecular complexity index is 627. The molecule has 5 heteroatoms. The van der Waals surface area contributed by atoms with E-state index >= 15 is 0 Å². The first-order chi connectivity index (χ1) is 11.8. The second kappa shape index (κ2) is 7.99. The van der Waals surface area contributed by atoms with E-state index in [1.165, 1.54) is 31.2 Å². The molecule has 0 unspecified atom stereocenters. The number of aromatic amines is 1. The predicted molar refractivity (Wildman–Crippen MR) is 98.0 cm³/mol. The van der Waals surface area contributed by atoms with Crippen molar-refractivity contribution in [2.45, 2.75) is 44.6 Å². The zero-order chi connectivity index (χ0) is 16.7. The molecule has 1 saturated carbocycles. The molecule has 0 aliphatic heterocycles. The molecule has 24 heavy (non-hydrogen) atoms. The van der Waals surface area contributed by atoms with Crippen LogP contribution in [0.3, 0.4) is 0 Å². The van der Waals surface area contributed by atoms with Gasteiger partial charge in [-0.2, -0.15) is 5.10 Å². The van der Waals surface area contributed by atoms with E-state index < -0.39 is 0 Å². The summed E-state index contributed by atoms with van der Waals surface area (Å²) in [6.45, 7) is 4.47. The Morgan fingerprint density at radius 1 is 1.17 bits per heavy atom. The number of H-pyrrole nitrogens is 1. The maximum Gasteiger partial charge on any atom is 0.191 e. The SMILES string of the molecule is CCNC(=NCc1ccn[nH]1)NCC1(c2ccccc2)CCCC1. The molecular formula is C19H27N5. The molecule has 1 aromatic heterocycles. The van der Waals surface area contributed by atoms with Crippen LogP contribution in [-0.4, -0.2) is 29.2 Å². The van der Waals surface area contributed by atoms with E-state index in [-0.39, 0.29) is 5.41 Å². The van der Waals surface area contributed by atoms with Gasteiger partial charge in [0.25, 0.3) is 0 Å². The molecule has 3 N–H and O–H groups in total. The predicted octanol–water partition coefficient (Wildman–Crippen LogP) is 2.98. The molecule has 1 aliphatic rings. The highest BCUT2D eigenvalue weighted by Crippen LogP contribution is 2.40. The number of rotatable bonds is 6. The fourth-order valence-corrected chi connectivity index (χ4v) is 3.54. The third-order valence-electron chi connectivity index (χ3n) is 4.85. The van der Waals surface area contributed by atoms with Crippen LogP contribution in [0.1, 0.15) is 43.9 Å². The largest absolute Gasteiger partial charge is 0.357 e. The molecule has 5 nitrogen and oxygen atoms in total. The van der Waals surface area contributed by atoms with Crippen LogP contribution in [0.15, 0.2) is 47.6 Å². The molecule has 0 atom stereocenters. The lowest BCUT2D eigenvalue weighted by atomic mass is 9.79. The topological polar surface area (TPSA) is 65.1 Å². The first kappa shape index (κ1) is 16.6. The second-order valence-electron chi connectivity index (χ2n) is 6.48. The first-order valence-electron chi connectivity index (χ1n) is 8.88. The van der Waals surface area contributed by atoms with Gasteiger partial charge in [0, 0.05) is 24.7 Å². The summed E-state index contributed by atoms with van der Waals surface area (Å²) in [5, 5.41) is 13.8. The van der Waals surface area contributed by atoms with Crippen LogP contribution >= 0.6 is 0 Å². The van der Waals surface area contributed by atoms with Crippen LogP contribution in [0.25, 0.3) is 0 Å². The van der Waals surface area contributed by atoms with Crippen LogP contribution in [0.5, 0.6) is 0 Å². The Kier molecular flexibility index (Phi) is 5.51. The maximum absolute atomic E-state index is 4.66. The van der Waals surface area contributed by atoms with Gasteiger partial charge in [0.15, 0.2) is 5.96 Å². The fraction of sp³-hybridized carbons (Fsp3) is 0.474. The Balaban J connectivity index is 1.68. The van der Waals surface area contributed by atoms with Gasteiger partial charge in [-0.05, 0) is 31.4 Å². The number of hydrogen-bond acceptors (Lipinski definition) is 2. The number of benzene rings is 1. The Labute approximate surface area is 144 Å². The van der Waals surface area contributed by atoms with E-state index in [0.717, 1.165) is 24.7 Å². The summed E-state index contributed by atoms with van der Waals surface area (Å²) in [7, 11) is 0. The Morgan fingerprint density at radius 3 is 2.62 bits per heavy atom. The normalized spacial score (nSPS) is 17.0. The van der Waals surface area contributed by atoms with Crippen LogP contribution in [-0.2, 0) is 12.0 Å². The van der Waals surface area contributed by atoms with E-state index in [1.54, 1.807) is 6.20 Å². The molecule has 128 valence electrons. The Morgan fingerprint density at radius 2 is 1.96 bits per heavy atom. The minimum atomic E-state index is 0.228. The van der Waals surface area contributed by atoms with E-state index in [0.29, 0.717) is 6.54 Å². The highest BCUT2D eigenvalue weighted by Gasteiger charge is 2.35. The standard InChI is InChI=1S/C19H27N5/c1-2-20-18(21-14-17-10-13-23-24-17)22-15-19(11-6-7-12-19)16-8-4-3-5-9-16/h3-5,8-10,13H,2,6-7,11-12,14-15H2,1H3,(H,23,24)(H2,20,21,22). The molecule has 1 aromatic carbocycles. The van der Waals surface area contributed by atoms with Crippen molar-refractivity contribution in [1.82, 2.24) is 20.8 Å². The quantitative estimate of drug-likeness (QED) is 0.565. The number of hydrogen-bond donors (Lipinski definition) is 3. The van der Waals surface area contributed by atoms with Crippen LogP contribution < -0.4 is 10.6 Å². The number of nitrogens with zero attached hydrogens (tertiary/aromatic N) is 2. The van der Waals surface area contributed by atoms with Gasteiger partial charge in [0.05, 0.1) is 12.2 Å². The third-order valence-corrected chi connectivity index (χ3v) is 4.85. The second-order valence-corrected chi connectivity index (χ2v) is 6.48. The highest BCUT2D eigenvalue weighted by molar-refractivity contribution is 5.79. The minimum absolute atomic E-state index is 0.228. The van der Waals surface area contributed by atoms with Gasteiger partial charge in [0.1, 0.15) is 0 Å². The Hall–Kier alpha value is -2.30. The zero-order valence-electron chi connectivity index (χ0n) is 14.4. The number of aliphatic imine (C=N–C) groups is 1. The number of aromatic nitrogens is 2. The molecule has 1 heterocycles. The molecule has 2 aromatic rings. The van der Waals surface area contributed by atoms with Gasteiger partial charge >= 0.3 is 0 Å².